The average Bonchev–Trinajstić information content (AvgIpc) is 3.10. The van der Waals surface area contributed by atoms with Crippen molar-refractivity contribution in [2.24, 2.45) is 0 Å². The molecule has 47 heavy (non-hydrogen) atoms. The van der Waals surface area contributed by atoms with E-state index in [4.69, 9.17) is 9.47 Å². The number of sulfonamides is 1. The first kappa shape index (κ1) is 35.0. The molecule has 0 fully saturated rings. The number of nitrogens with one attached hydrogen (secondary N) is 1. The zero-order valence-electron chi connectivity index (χ0n) is 27.4. The first-order valence-corrected chi connectivity index (χ1v) is 17.1. The minimum absolute atomic E-state index is 0.0193. The van der Waals surface area contributed by atoms with Crippen molar-refractivity contribution in [3.8, 4) is 11.5 Å². The van der Waals surface area contributed by atoms with Crippen LogP contribution in [0.15, 0.2) is 108 Å². The molecule has 0 saturated carbocycles. The number of aryl methyl sites for hydroxylation is 1. The zero-order chi connectivity index (χ0) is 33.8. The van der Waals surface area contributed by atoms with Gasteiger partial charge in [0.2, 0.25) is 11.8 Å². The van der Waals surface area contributed by atoms with Gasteiger partial charge in [-0.15, -0.1) is 0 Å². The number of nitrogens with zero attached hydrogens (tertiary/aromatic N) is 2. The van der Waals surface area contributed by atoms with Gasteiger partial charge in [-0.05, 0) is 48.7 Å². The Bertz CT molecular complexity index is 1710. The molecule has 0 saturated heterocycles. The largest absolute Gasteiger partial charge is 0.493 e. The Morgan fingerprint density at radius 2 is 1.45 bits per heavy atom. The Hall–Kier alpha value is -4.83. The molecule has 0 unspecified atom stereocenters. The molecule has 4 aromatic carbocycles. The summed E-state index contributed by atoms with van der Waals surface area (Å²) in [6.45, 7) is 4.01. The summed E-state index contributed by atoms with van der Waals surface area (Å²) in [5.74, 6) is -0.121. The molecule has 0 bridgehead atoms. The molecule has 4 rings (SSSR count). The number of hydrogen-bond donors (Lipinski definition) is 1. The van der Waals surface area contributed by atoms with Crippen molar-refractivity contribution in [2.45, 2.75) is 50.6 Å². The molecular formula is C37H43N3O6S. The summed E-state index contributed by atoms with van der Waals surface area (Å²) in [6, 6.07) is 28.9. The van der Waals surface area contributed by atoms with Crippen molar-refractivity contribution < 1.29 is 27.5 Å². The van der Waals surface area contributed by atoms with Gasteiger partial charge in [0.25, 0.3) is 10.0 Å². The van der Waals surface area contributed by atoms with Crippen LogP contribution in [-0.4, -0.2) is 58.5 Å². The van der Waals surface area contributed by atoms with Crippen molar-refractivity contribution in [1.29, 1.82) is 0 Å². The maximum absolute atomic E-state index is 14.6. The van der Waals surface area contributed by atoms with Gasteiger partial charge in [-0.2, -0.15) is 0 Å². The summed E-state index contributed by atoms with van der Waals surface area (Å²) >= 11 is 0. The highest BCUT2D eigenvalue weighted by molar-refractivity contribution is 7.92. The molecule has 248 valence electrons. The van der Waals surface area contributed by atoms with Gasteiger partial charge in [-0.1, -0.05) is 91.7 Å². The monoisotopic (exact) mass is 657 g/mol. The smallest absolute Gasteiger partial charge is 0.264 e. The average molecular weight is 658 g/mol. The van der Waals surface area contributed by atoms with Gasteiger partial charge < -0.3 is 19.7 Å². The number of carbonyl (C=O) groups excluding carboxylic acids is 2. The van der Waals surface area contributed by atoms with Crippen molar-refractivity contribution in [3.63, 3.8) is 0 Å². The van der Waals surface area contributed by atoms with E-state index in [0.717, 1.165) is 33.8 Å². The third-order valence-electron chi connectivity index (χ3n) is 7.84. The highest BCUT2D eigenvalue weighted by Gasteiger charge is 2.35. The molecule has 0 heterocycles. The maximum Gasteiger partial charge on any atom is 0.264 e. The van der Waals surface area contributed by atoms with Gasteiger partial charge in [0, 0.05) is 25.6 Å². The molecule has 0 aromatic heterocycles. The van der Waals surface area contributed by atoms with Crippen LogP contribution in [0.1, 0.15) is 36.5 Å². The lowest BCUT2D eigenvalue weighted by molar-refractivity contribution is -0.140. The predicted octanol–water partition coefficient (Wildman–Crippen LogP) is 5.76. The van der Waals surface area contributed by atoms with Crippen LogP contribution in [-0.2, 0) is 32.6 Å². The lowest BCUT2D eigenvalue weighted by atomic mass is 10.0. The first-order valence-electron chi connectivity index (χ1n) is 15.6. The van der Waals surface area contributed by atoms with Crippen LogP contribution in [0.5, 0.6) is 11.5 Å². The number of ether oxygens (including phenoxy) is 2. The van der Waals surface area contributed by atoms with E-state index in [2.05, 4.69) is 5.32 Å². The molecule has 4 aromatic rings. The van der Waals surface area contributed by atoms with Gasteiger partial charge in [0.1, 0.15) is 12.6 Å². The molecule has 1 atom stereocenters. The third kappa shape index (κ3) is 9.13. The van der Waals surface area contributed by atoms with E-state index in [9.17, 15) is 18.0 Å². The van der Waals surface area contributed by atoms with Crippen LogP contribution in [0.2, 0.25) is 0 Å². The van der Waals surface area contributed by atoms with E-state index in [1.807, 2.05) is 68.4 Å². The Kier molecular flexibility index (Phi) is 12.4. The fourth-order valence-corrected chi connectivity index (χ4v) is 6.61. The molecule has 0 aliphatic rings. The Balaban J connectivity index is 1.81. The lowest BCUT2D eigenvalue weighted by Crippen LogP contribution is -2.53. The SMILES string of the molecule is CCCCNC(=O)[C@H](Cc1ccccc1)N(Cc1ccc(C)cc1)C(=O)CN(c1ccc(OC)c(OC)c1)S(=O)(=O)c1ccccc1. The minimum Gasteiger partial charge on any atom is -0.493 e. The van der Waals surface area contributed by atoms with Crippen LogP contribution in [0, 0.1) is 6.92 Å². The third-order valence-corrected chi connectivity index (χ3v) is 9.63. The Labute approximate surface area is 278 Å². The van der Waals surface area contributed by atoms with Crippen LogP contribution in [0.25, 0.3) is 0 Å². The highest BCUT2D eigenvalue weighted by Crippen LogP contribution is 2.34. The van der Waals surface area contributed by atoms with Crippen LogP contribution in [0.3, 0.4) is 0 Å². The number of methoxy groups -OCH3 is 2. The topological polar surface area (TPSA) is 105 Å². The number of amides is 2. The van der Waals surface area contributed by atoms with Crippen LogP contribution in [0.4, 0.5) is 5.69 Å². The maximum atomic E-state index is 14.6. The second-order valence-corrected chi connectivity index (χ2v) is 13.1. The molecule has 2 amide bonds. The fraction of sp³-hybridized carbons (Fsp3) is 0.297. The number of unbranched alkanes of at least 4 members (excludes halogenated alkanes) is 1. The van der Waals surface area contributed by atoms with Crippen molar-refractivity contribution in [3.05, 3.63) is 120 Å². The second kappa shape index (κ2) is 16.6. The molecule has 0 aliphatic carbocycles. The van der Waals surface area contributed by atoms with E-state index in [-0.39, 0.29) is 29.5 Å². The number of rotatable bonds is 16. The summed E-state index contributed by atoms with van der Waals surface area (Å²) in [5.41, 5.74) is 2.95. The van der Waals surface area contributed by atoms with E-state index >= 15 is 0 Å². The standard InChI is InChI=1S/C37H43N3O6S/c1-5-6-23-38-37(42)33(24-29-13-9-7-10-14-29)39(26-30-19-17-28(2)18-20-30)36(41)27-40(47(43,44)32-15-11-8-12-16-32)31-21-22-34(45-3)35(25-31)46-4/h7-22,25,33H,5-6,23-24,26-27H2,1-4H3,(H,38,42)/t33-/m0/s1. The molecule has 0 aliphatic heterocycles. The zero-order valence-corrected chi connectivity index (χ0v) is 28.2. The predicted molar refractivity (Wildman–Crippen MR) is 184 cm³/mol. The summed E-state index contributed by atoms with van der Waals surface area (Å²) in [4.78, 5) is 30.0. The summed E-state index contributed by atoms with van der Waals surface area (Å²) in [6.07, 6.45) is 1.93. The molecule has 0 radical (unpaired) electrons. The quantitative estimate of drug-likeness (QED) is 0.154. The van der Waals surface area contributed by atoms with Crippen molar-refractivity contribution >= 4 is 27.5 Å². The van der Waals surface area contributed by atoms with Gasteiger partial charge in [0.15, 0.2) is 11.5 Å². The first-order chi connectivity index (χ1) is 22.7. The highest BCUT2D eigenvalue weighted by atomic mass is 32.2. The molecular weight excluding hydrogens is 614 g/mol. The van der Waals surface area contributed by atoms with Gasteiger partial charge >= 0.3 is 0 Å². The summed E-state index contributed by atoms with van der Waals surface area (Å²) in [5, 5.41) is 3.01. The summed E-state index contributed by atoms with van der Waals surface area (Å²) < 4.78 is 40.3. The number of benzene rings is 4. The van der Waals surface area contributed by atoms with Crippen LogP contribution < -0.4 is 19.1 Å². The van der Waals surface area contributed by atoms with Crippen molar-refractivity contribution in [1.82, 2.24) is 10.2 Å². The Morgan fingerprint density at radius 1 is 0.809 bits per heavy atom. The minimum atomic E-state index is -4.24. The molecule has 0 spiro atoms. The van der Waals surface area contributed by atoms with Gasteiger partial charge in [0.05, 0.1) is 24.8 Å². The van der Waals surface area contributed by atoms with E-state index < -0.39 is 28.5 Å². The Morgan fingerprint density at radius 3 is 2.06 bits per heavy atom. The lowest BCUT2D eigenvalue weighted by Gasteiger charge is -2.34. The number of hydrogen-bond acceptors (Lipinski definition) is 6. The molecule has 1 N–H and O–H groups in total. The number of carbonyl (C=O) groups is 2. The van der Waals surface area contributed by atoms with E-state index in [0.29, 0.717) is 18.0 Å². The van der Waals surface area contributed by atoms with Crippen molar-refractivity contribution in [2.75, 3.05) is 31.6 Å². The van der Waals surface area contributed by atoms with Gasteiger partial charge in [-0.25, -0.2) is 8.42 Å². The van der Waals surface area contributed by atoms with Crippen LogP contribution >= 0.6 is 0 Å². The van der Waals surface area contributed by atoms with E-state index in [1.54, 1.807) is 30.3 Å². The van der Waals surface area contributed by atoms with E-state index in [1.165, 1.54) is 37.3 Å². The molecule has 10 heteroatoms. The summed E-state index contributed by atoms with van der Waals surface area (Å²) in [7, 11) is -1.30. The normalized spacial score (nSPS) is 11.7. The number of anilines is 1. The second-order valence-electron chi connectivity index (χ2n) is 11.2. The molecule has 9 nitrogen and oxygen atoms in total. The fourth-order valence-electron chi connectivity index (χ4n) is 5.18. The van der Waals surface area contributed by atoms with Gasteiger partial charge in [-0.3, -0.25) is 13.9 Å².